The van der Waals surface area contributed by atoms with Crippen molar-refractivity contribution in [2.75, 3.05) is 6.54 Å². The highest BCUT2D eigenvalue weighted by Gasteiger charge is 2.41. The van der Waals surface area contributed by atoms with Crippen molar-refractivity contribution in [3.05, 3.63) is 35.8 Å². The van der Waals surface area contributed by atoms with Crippen molar-refractivity contribution in [3.8, 4) is 0 Å². The fourth-order valence-corrected chi connectivity index (χ4v) is 2.28. The molecule has 1 fully saturated rings. The first-order chi connectivity index (χ1) is 9.83. The molecule has 0 saturated heterocycles. The first kappa shape index (κ1) is 13.9. The lowest BCUT2D eigenvalue weighted by molar-refractivity contribution is -0.141. The van der Waals surface area contributed by atoms with E-state index in [1.54, 1.807) is 16.7 Å². The molecule has 3 rings (SSSR count). The molecule has 2 aromatic rings. The highest BCUT2D eigenvalue weighted by atomic mass is 19.4. The predicted octanol–water partition coefficient (Wildman–Crippen LogP) is 2.81. The Balaban J connectivity index is 1.90. The van der Waals surface area contributed by atoms with Gasteiger partial charge in [0.25, 0.3) is 5.91 Å². The van der Waals surface area contributed by atoms with Crippen molar-refractivity contribution < 1.29 is 18.0 Å². The van der Waals surface area contributed by atoms with E-state index < -0.39 is 18.6 Å². The monoisotopic (exact) mass is 297 g/mol. The summed E-state index contributed by atoms with van der Waals surface area (Å²) in [6.45, 7) is 0.666. The van der Waals surface area contributed by atoms with Crippen molar-refractivity contribution >= 4 is 11.6 Å². The normalized spacial score (nSPS) is 15.4. The number of hydrogen-bond acceptors (Lipinski definition) is 2. The first-order valence-corrected chi connectivity index (χ1v) is 6.66. The van der Waals surface area contributed by atoms with Crippen molar-refractivity contribution in [1.82, 2.24) is 14.3 Å². The summed E-state index contributed by atoms with van der Waals surface area (Å²) in [6.07, 6.45) is 0.0547. The number of pyridine rings is 1. The Morgan fingerprint density at radius 1 is 1.48 bits per heavy atom. The Hall–Kier alpha value is -2.05. The quantitative estimate of drug-likeness (QED) is 0.873. The van der Waals surface area contributed by atoms with Gasteiger partial charge in [-0.2, -0.15) is 13.2 Å². The number of hydrogen-bond donors (Lipinski definition) is 0. The maximum atomic E-state index is 12.6. The van der Waals surface area contributed by atoms with Gasteiger partial charge in [-0.3, -0.25) is 4.79 Å². The maximum absolute atomic E-state index is 12.6. The average Bonchev–Trinajstić information content (AvgIpc) is 3.13. The third kappa shape index (κ3) is 3.01. The van der Waals surface area contributed by atoms with E-state index in [-0.39, 0.29) is 11.7 Å². The van der Waals surface area contributed by atoms with Crippen molar-refractivity contribution in [1.29, 1.82) is 0 Å². The zero-order valence-corrected chi connectivity index (χ0v) is 11.4. The summed E-state index contributed by atoms with van der Waals surface area (Å²) in [7, 11) is 0. The fraction of sp³-hybridized carbons (Fsp3) is 0.429. The molecule has 0 radical (unpaired) electrons. The van der Waals surface area contributed by atoms with Crippen LogP contribution in [0.1, 0.15) is 28.9 Å². The van der Waals surface area contributed by atoms with Crippen molar-refractivity contribution in [3.63, 3.8) is 0 Å². The molecule has 21 heavy (non-hydrogen) atoms. The molecular formula is C14H14F3N3O. The minimum absolute atomic E-state index is 0.0525. The van der Waals surface area contributed by atoms with Crippen LogP contribution in [0.2, 0.25) is 0 Å². The number of aryl methyl sites for hydroxylation is 1. The molecule has 0 N–H and O–H groups in total. The van der Waals surface area contributed by atoms with Crippen LogP contribution < -0.4 is 0 Å². The number of imidazole rings is 1. The SMILES string of the molecule is Cc1ccn2cc(C(=O)N(CC(F)(F)F)C3CC3)nc2c1. The van der Waals surface area contributed by atoms with Crippen LogP contribution in [0.15, 0.2) is 24.5 Å². The minimum atomic E-state index is -4.39. The van der Waals surface area contributed by atoms with Gasteiger partial charge in [-0.1, -0.05) is 0 Å². The van der Waals surface area contributed by atoms with Crippen LogP contribution in [0, 0.1) is 6.92 Å². The summed E-state index contributed by atoms with van der Waals surface area (Å²) in [5.41, 5.74) is 1.58. The zero-order valence-electron chi connectivity index (χ0n) is 11.4. The van der Waals surface area contributed by atoms with E-state index in [2.05, 4.69) is 4.98 Å². The van der Waals surface area contributed by atoms with E-state index in [1.807, 2.05) is 13.0 Å². The lowest BCUT2D eigenvalue weighted by Gasteiger charge is -2.22. The Morgan fingerprint density at radius 2 is 2.19 bits per heavy atom. The molecule has 112 valence electrons. The third-order valence-electron chi connectivity index (χ3n) is 3.43. The van der Waals surface area contributed by atoms with Crippen LogP contribution >= 0.6 is 0 Å². The number of nitrogens with zero attached hydrogens (tertiary/aromatic N) is 3. The zero-order chi connectivity index (χ0) is 15.2. The highest BCUT2D eigenvalue weighted by molar-refractivity contribution is 5.93. The maximum Gasteiger partial charge on any atom is 0.406 e. The molecule has 2 heterocycles. The molecule has 4 nitrogen and oxygen atoms in total. The van der Waals surface area contributed by atoms with E-state index >= 15 is 0 Å². The highest BCUT2D eigenvalue weighted by Crippen LogP contribution is 2.31. The number of carbonyl (C=O) groups excluding carboxylic acids is 1. The van der Waals surface area contributed by atoms with E-state index in [9.17, 15) is 18.0 Å². The molecule has 0 unspecified atom stereocenters. The first-order valence-electron chi connectivity index (χ1n) is 6.66. The van der Waals surface area contributed by atoms with E-state index in [4.69, 9.17) is 0 Å². The number of aromatic nitrogens is 2. The summed E-state index contributed by atoms with van der Waals surface area (Å²) in [6, 6.07) is 3.31. The molecule has 0 bridgehead atoms. The molecule has 2 aromatic heterocycles. The Labute approximate surface area is 119 Å². The fourth-order valence-electron chi connectivity index (χ4n) is 2.28. The van der Waals surface area contributed by atoms with Crippen molar-refractivity contribution in [2.45, 2.75) is 32.0 Å². The summed E-state index contributed by atoms with van der Waals surface area (Å²) >= 11 is 0. The summed E-state index contributed by atoms with van der Waals surface area (Å²) < 4.78 is 39.5. The van der Waals surface area contributed by atoms with Gasteiger partial charge in [0.05, 0.1) is 0 Å². The van der Waals surface area contributed by atoms with E-state index in [0.717, 1.165) is 10.5 Å². The summed E-state index contributed by atoms with van der Waals surface area (Å²) in [5.74, 6) is -0.656. The predicted molar refractivity (Wildman–Crippen MR) is 70.0 cm³/mol. The molecule has 1 aliphatic carbocycles. The molecule has 0 aliphatic heterocycles. The Morgan fingerprint density at radius 3 is 2.81 bits per heavy atom. The van der Waals surface area contributed by atoms with Gasteiger partial charge in [0.2, 0.25) is 0 Å². The second kappa shape index (κ2) is 4.75. The standard InChI is InChI=1S/C14H14F3N3O/c1-9-4-5-19-7-11(18-12(19)6-9)13(21)20(10-2-3-10)8-14(15,16)17/h4-7,10H,2-3,8H2,1H3. The van der Waals surface area contributed by atoms with Crippen LogP contribution in [0.4, 0.5) is 13.2 Å². The second-order valence-corrected chi connectivity index (χ2v) is 5.38. The Kier molecular flexibility index (Phi) is 3.15. The van der Waals surface area contributed by atoms with Gasteiger partial charge < -0.3 is 9.30 Å². The van der Waals surface area contributed by atoms with Crippen LogP contribution in [0.5, 0.6) is 0 Å². The summed E-state index contributed by atoms with van der Waals surface area (Å²) in [4.78, 5) is 17.3. The van der Waals surface area contributed by atoms with Crippen LogP contribution in [-0.2, 0) is 0 Å². The van der Waals surface area contributed by atoms with Crippen molar-refractivity contribution in [2.24, 2.45) is 0 Å². The number of halogens is 3. The van der Waals surface area contributed by atoms with Gasteiger partial charge in [-0.15, -0.1) is 0 Å². The molecule has 1 aliphatic rings. The molecular weight excluding hydrogens is 283 g/mol. The number of carbonyl (C=O) groups is 1. The molecule has 0 atom stereocenters. The molecule has 1 amide bonds. The molecule has 0 spiro atoms. The average molecular weight is 297 g/mol. The third-order valence-corrected chi connectivity index (χ3v) is 3.43. The minimum Gasteiger partial charge on any atom is -0.325 e. The number of alkyl halides is 3. The van der Waals surface area contributed by atoms with E-state index in [0.29, 0.717) is 18.5 Å². The lowest BCUT2D eigenvalue weighted by Crippen LogP contribution is -2.40. The van der Waals surface area contributed by atoms with Crippen LogP contribution in [-0.4, -0.2) is 39.0 Å². The second-order valence-electron chi connectivity index (χ2n) is 5.38. The van der Waals surface area contributed by atoms with Gasteiger partial charge >= 0.3 is 6.18 Å². The topological polar surface area (TPSA) is 37.6 Å². The van der Waals surface area contributed by atoms with Gasteiger partial charge in [-0.05, 0) is 37.5 Å². The molecule has 0 aromatic carbocycles. The lowest BCUT2D eigenvalue weighted by atomic mass is 10.3. The largest absolute Gasteiger partial charge is 0.406 e. The smallest absolute Gasteiger partial charge is 0.325 e. The number of rotatable bonds is 3. The number of amides is 1. The van der Waals surface area contributed by atoms with Crippen LogP contribution in [0.25, 0.3) is 5.65 Å². The number of fused-ring (bicyclic) bond motifs is 1. The van der Waals surface area contributed by atoms with Gasteiger partial charge in [0.1, 0.15) is 17.9 Å². The van der Waals surface area contributed by atoms with Gasteiger partial charge in [-0.25, -0.2) is 4.98 Å². The molecule has 7 heteroatoms. The van der Waals surface area contributed by atoms with Gasteiger partial charge in [0, 0.05) is 18.4 Å². The summed E-state index contributed by atoms with van der Waals surface area (Å²) in [5, 5.41) is 0. The molecule has 1 saturated carbocycles. The van der Waals surface area contributed by atoms with Crippen LogP contribution in [0.3, 0.4) is 0 Å². The Bertz CT molecular complexity index is 688. The van der Waals surface area contributed by atoms with E-state index in [1.165, 1.54) is 6.20 Å². The van der Waals surface area contributed by atoms with Gasteiger partial charge in [0.15, 0.2) is 0 Å².